The van der Waals surface area contributed by atoms with Crippen molar-refractivity contribution in [3.8, 4) is 0 Å². The number of rotatable bonds is 5. The molecule has 0 amide bonds. The van der Waals surface area contributed by atoms with Crippen LogP contribution in [0.1, 0.15) is 44.6 Å². The Balaban J connectivity index is 1.96. The predicted octanol–water partition coefficient (Wildman–Crippen LogP) is 3.57. The Morgan fingerprint density at radius 1 is 1.11 bits per heavy atom. The fourth-order valence-corrected chi connectivity index (χ4v) is 2.60. The Hall–Kier alpha value is -1.02. The van der Waals surface area contributed by atoms with E-state index in [1.807, 2.05) is 0 Å². The number of nitrogens with one attached hydrogen (secondary N) is 1. The molecule has 0 radical (unpaired) electrons. The minimum atomic E-state index is 0.996. The maximum atomic E-state index is 3.48. The van der Waals surface area contributed by atoms with Gasteiger partial charge in [-0.05, 0) is 43.5 Å². The molecule has 0 atom stereocenters. The molecule has 100 valence electrons. The second kappa shape index (κ2) is 7.42. The summed E-state index contributed by atoms with van der Waals surface area (Å²) in [5, 5.41) is 3.48. The first-order valence-electron chi connectivity index (χ1n) is 7.45. The highest BCUT2D eigenvalue weighted by atomic mass is 15.1. The highest BCUT2D eigenvalue weighted by Gasteiger charge is 2.09. The topological polar surface area (TPSA) is 15.3 Å². The molecule has 1 saturated heterocycles. The molecule has 1 aromatic rings. The zero-order valence-electron chi connectivity index (χ0n) is 11.6. The molecular formula is C16H26N2. The Morgan fingerprint density at radius 3 is 2.61 bits per heavy atom. The number of hydrogen-bond acceptors (Lipinski definition) is 2. The van der Waals surface area contributed by atoms with E-state index in [9.17, 15) is 0 Å². The minimum absolute atomic E-state index is 0.996. The van der Waals surface area contributed by atoms with Crippen LogP contribution in [0, 0.1) is 0 Å². The lowest BCUT2D eigenvalue weighted by Crippen LogP contribution is -2.24. The minimum Gasteiger partial charge on any atom is -0.372 e. The third-order valence-corrected chi connectivity index (χ3v) is 3.64. The van der Waals surface area contributed by atoms with Crippen molar-refractivity contribution in [1.82, 2.24) is 5.32 Å². The van der Waals surface area contributed by atoms with Gasteiger partial charge in [-0.15, -0.1) is 0 Å². The van der Waals surface area contributed by atoms with E-state index in [0.29, 0.717) is 0 Å². The molecule has 0 unspecified atom stereocenters. The highest BCUT2D eigenvalue weighted by Crippen LogP contribution is 2.20. The Kier molecular flexibility index (Phi) is 5.53. The van der Waals surface area contributed by atoms with Crippen LogP contribution in [0.15, 0.2) is 24.3 Å². The molecule has 1 fully saturated rings. The van der Waals surface area contributed by atoms with Crippen LogP contribution >= 0.6 is 0 Å². The van der Waals surface area contributed by atoms with E-state index in [-0.39, 0.29) is 0 Å². The Bertz CT molecular complexity index is 341. The summed E-state index contributed by atoms with van der Waals surface area (Å²) in [6.07, 6.45) is 6.69. The Morgan fingerprint density at radius 2 is 1.89 bits per heavy atom. The van der Waals surface area contributed by atoms with Gasteiger partial charge in [-0.25, -0.2) is 0 Å². The van der Waals surface area contributed by atoms with Gasteiger partial charge in [-0.1, -0.05) is 31.9 Å². The van der Waals surface area contributed by atoms with E-state index < -0.39 is 0 Å². The van der Waals surface area contributed by atoms with Gasteiger partial charge >= 0.3 is 0 Å². The second-order valence-electron chi connectivity index (χ2n) is 5.25. The first kappa shape index (κ1) is 13.4. The van der Waals surface area contributed by atoms with Gasteiger partial charge in [0.05, 0.1) is 0 Å². The van der Waals surface area contributed by atoms with Crippen molar-refractivity contribution in [3.05, 3.63) is 29.8 Å². The molecular weight excluding hydrogens is 220 g/mol. The third-order valence-electron chi connectivity index (χ3n) is 3.64. The lowest BCUT2D eigenvalue weighted by atomic mass is 10.1. The van der Waals surface area contributed by atoms with Crippen LogP contribution < -0.4 is 10.2 Å². The largest absolute Gasteiger partial charge is 0.372 e. The van der Waals surface area contributed by atoms with E-state index >= 15 is 0 Å². The number of nitrogens with zero attached hydrogens (tertiary/aromatic N) is 1. The molecule has 1 heterocycles. The zero-order chi connectivity index (χ0) is 12.6. The zero-order valence-corrected chi connectivity index (χ0v) is 11.6. The van der Waals surface area contributed by atoms with Crippen molar-refractivity contribution in [3.63, 3.8) is 0 Å². The summed E-state index contributed by atoms with van der Waals surface area (Å²) in [4.78, 5) is 2.55. The van der Waals surface area contributed by atoms with Gasteiger partial charge in [-0.2, -0.15) is 0 Å². The monoisotopic (exact) mass is 246 g/mol. The van der Waals surface area contributed by atoms with Crippen molar-refractivity contribution in [2.45, 2.75) is 45.6 Å². The maximum absolute atomic E-state index is 3.48. The fourth-order valence-electron chi connectivity index (χ4n) is 2.60. The summed E-state index contributed by atoms with van der Waals surface area (Å²) in [7, 11) is 0. The average Bonchev–Trinajstić information content (AvgIpc) is 2.68. The smallest absolute Gasteiger partial charge is 0.0369 e. The van der Waals surface area contributed by atoms with Gasteiger partial charge in [0.1, 0.15) is 0 Å². The van der Waals surface area contributed by atoms with Gasteiger partial charge in [0.25, 0.3) is 0 Å². The second-order valence-corrected chi connectivity index (χ2v) is 5.25. The molecule has 0 spiro atoms. The Labute approximate surface area is 111 Å². The molecule has 18 heavy (non-hydrogen) atoms. The standard InChI is InChI=1S/C16H26N2/c1-2-10-17-14-15-8-7-9-16(13-15)18-11-5-3-4-6-12-18/h7-9,13,17H,2-6,10-12,14H2,1H3. The van der Waals surface area contributed by atoms with Crippen molar-refractivity contribution in [2.24, 2.45) is 0 Å². The van der Waals surface area contributed by atoms with Crippen LogP contribution in [0.2, 0.25) is 0 Å². The summed E-state index contributed by atoms with van der Waals surface area (Å²) in [5.74, 6) is 0. The first-order valence-corrected chi connectivity index (χ1v) is 7.45. The van der Waals surface area contributed by atoms with Crippen LogP contribution in [-0.2, 0) is 6.54 Å². The van der Waals surface area contributed by atoms with Crippen molar-refractivity contribution in [2.75, 3.05) is 24.5 Å². The molecule has 2 rings (SSSR count). The molecule has 1 aliphatic rings. The van der Waals surface area contributed by atoms with E-state index in [0.717, 1.165) is 13.1 Å². The maximum Gasteiger partial charge on any atom is 0.0369 e. The number of benzene rings is 1. The van der Waals surface area contributed by atoms with Crippen LogP contribution in [0.25, 0.3) is 0 Å². The van der Waals surface area contributed by atoms with E-state index in [1.165, 1.54) is 56.4 Å². The lowest BCUT2D eigenvalue weighted by molar-refractivity contribution is 0.675. The molecule has 1 aromatic carbocycles. The molecule has 0 bridgehead atoms. The number of hydrogen-bond donors (Lipinski definition) is 1. The first-order chi connectivity index (χ1) is 8.90. The van der Waals surface area contributed by atoms with Gasteiger partial charge in [0.2, 0.25) is 0 Å². The molecule has 2 nitrogen and oxygen atoms in total. The predicted molar refractivity (Wildman–Crippen MR) is 79.1 cm³/mol. The fraction of sp³-hybridized carbons (Fsp3) is 0.625. The summed E-state index contributed by atoms with van der Waals surface area (Å²) < 4.78 is 0. The average molecular weight is 246 g/mol. The van der Waals surface area contributed by atoms with Gasteiger partial charge in [0.15, 0.2) is 0 Å². The molecule has 1 aliphatic heterocycles. The molecule has 2 heteroatoms. The van der Waals surface area contributed by atoms with Crippen molar-refractivity contribution >= 4 is 5.69 Å². The molecule has 0 aromatic heterocycles. The van der Waals surface area contributed by atoms with Gasteiger partial charge < -0.3 is 10.2 Å². The molecule has 0 saturated carbocycles. The lowest BCUT2D eigenvalue weighted by Gasteiger charge is -2.23. The van der Waals surface area contributed by atoms with E-state index in [1.54, 1.807) is 0 Å². The van der Waals surface area contributed by atoms with Crippen molar-refractivity contribution in [1.29, 1.82) is 0 Å². The molecule has 1 N–H and O–H groups in total. The normalized spacial score (nSPS) is 16.6. The van der Waals surface area contributed by atoms with Gasteiger partial charge in [-0.3, -0.25) is 0 Å². The van der Waals surface area contributed by atoms with Crippen LogP contribution in [0.5, 0.6) is 0 Å². The van der Waals surface area contributed by atoms with Crippen LogP contribution in [0.4, 0.5) is 5.69 Å². The van der Waals surface area contributed by atoms with Crippen molar-refractivity contribution < 1.29 is 0 Å². The quantitative estimate of drug-likeness (QED) is 0.799. The third kappa shape index (κ3) is 4.02. The van der Waals surface area contributed by atoms with Crippen LogP contribution in [0.3, 0.4) is 0 Å². The van der Waals surface area contributed by atoms with Gasteiger partial charge in [0, 0.05) is 25.3 Å². The molecule has 0 aliphatic carbocycles. The SMILES string of the molecule is CCCNCc1cccc(N2CCCCCC2)c1. The highest BCUT2D eigenvalue weighted by molar-refractivity contribution is 5.48. The summed E-state index contributed by atoms with van der Waals surface area (Å²) >= 11 is 0. The number of anilines is 1. The summed E-state index contributed by atoms with van der Waals surface area (Å²) in [5.41, 5.74) is 2.82. The summed E-state index contributed by atoms with van der Waals surface area (Å²) in [6, 6.07) is 9.04. The van der Waals surface area contributed by atoms with E-state index in [2.05, 4.69) is 41.4 Å². The van der Waals surface area contributed by atoms with E-state index in [4.69, 9.17) is 0 Å². The summed E-state index contributed by atoms with van der Waals surface area (Å²) in [6.45, 7) is 6.77. The van der Waals surface area contributed by atoms with Crippen LogP contribution in [-0.4, -0.2) is 19.6 Å².